The molecular formula is C12H16O. The average molecular weight is 176 g/mol. The molecule has 1 aromatic rings. The highest BCUT2D eigenvalue weighted by Crippen LogP contribution is 2.42. The second-order valence-electron chi connectivity index (χ2n) is 4.26. The molecule has 0 aliphatic heterocycles. The first-order valence-electron chi connectivity index (χ1n) is 4.98. The smallest absolute Gasteiger partial charge is 0.115 e. The number of rotatable bonds is 1. The standard InChI is InChI=1S/C12H16O/c1-3-12(2)7-6-9-4-5-10(13)8-11(9)12/h4-5,8,13H,3,6-7H2,1-2H3. The quantitative estimate of drug-likeness (QED) is 0.697. The van der Waals surface area contributed by atoms with E-state index < -0.39 is 0 Å². The van der Waals surface area contributed by atoms with Gasteiger partial charge in [0.15, 0.2) is 0 Å². The third kappa shape index (κ3) is 1.23. The molecule has 0 saturated heterocycles. The zero-order chi connectivity index (χ0) is 9.47. The summed E-state index contributed by atoms with van der Waals surface area (Å²) in [6, 6.07) is 5.79. The van der Waals surface area contributed by atoms with E-state index in [-0.39, 0.29) is 0 Å². The zero-order valence-corrected chi connectivity index (χ0v) is 8.30. The monoisotopic (exact) mass is 176 g/mol. The van der Waals surface area contributed by atoms with Crippen molar-refractivity contribution in [2.45, 2.75) is 38.5 Å². The van der Waals surface area contributed by atoms with E-state index in [1.165, 1.54) is 24.0 Å². The van der Waals surface area contributed by atoms with E-state index in [9.17, 15) is 5.11 Å². The van der Waals surface area contributed by atoms with Crippen LogP contribution < -0.4 is 0 Å². The summed E-state index contributed by atoms with van der Waals surface area (Å²) < 4.78 is 0. The number of hydrogen-bond donors (Lipinski definition) is 1. The summed E-state index contributed by atoms with van der Waals surface area (Å²) in [5.41, 5.74) is 3.07. The van der Waals surface area contributed by atoms with Gasteiger partial charge < -0.3 is 5.11 Å². The number of phenolic OH excluding ortho intramolecular Hbond substituents is 1. The molecule has 0 amide bonds. The van der Waals surface area contributed by atoms with Crippen LogP contribution in [0.4, 0.5) is 0 Å². The van der Waals surface area contributed by atoms with Crippen LogP contribution in [-0.4, -0.2) is 5.11 Å². The Kier molecular flexibility index (Phi) is 1.83. The number of aromatic hydroxyl groups is 1. The summed E-state index contributed by atoms with van der Waals surface area (Å²) in [5.74, 6) is 0.403. The van der Waals surface area contributed by atoms with Gasteiger partial charge in [0.1, 0.15) is 5.75 Å². The van der Waals surface area contributed by atoms with E-state index in [0.29, 0.717) is 11.2 Å². The van der Waals surface area contributed by atoms with E-state index in [1.807, 2.05) is 6.07 Å². The molecule has 1 heteroatoms. The fourth-order valence-electron chi connectivity index (χ4n) is 2.26. The van der Waals surface area contributed by atoms with Gasteiger partial charge in [-0.3, -0.25) is 0 Å². The maximum atomic E-state index is 9.42. The lowest BCUT2D eigenvalue weighted by Gasteiger charge is -2.23. The van der Waals surface area contributed by atoms with Crippen molar-refractivity contribution in [3.63, 3.8) is 0 Å². The molecule has 1 aliphatic carbocycles. The van der Waals surface area contributed by atoms with Gasteiger partial charge in [0.25, 0.3) is 0 Å². The highest BCUT2D eigenvalue weighted by Gasteiger charge is 2.32. The van der Waals surface area contributed by atoms with Gasteiger partial charge in [0.2, 0.25) is 0 Å². The summed E-state index contributed by atoms with van der Waals surface area (Å²) in [6.45, 7) is 4.51. The van der Waals surface area contributed by atoms with Gasteiger partial charge in [-0.2, -0.15) is 0 Å². The Morgan fingerprint density at radius 3 is 2.92 bits per heavy atom. The molecule has 0 aromatic heterocycles. The Labute approximate surface area is 79.4 Å². The topological polar surface area (TPSA) is 20.2 Å². The molecule has 0 fully saturated rings. The fraction of sp³-hybridized carbons (Fsp3) is 0.500. The second-order valence-corrected chi connectivity index (χ2v) is 4.26. The maximum Gasteiger partial charge on any atom is 0.115 e. The van der Waals surface area contributed by atoms with Crippen molar-refractivity contribution >= 4 is 0 Å². The Morgan fingerprint density at radius 1 is 1.46 bits per heavy atom. The van der Waals surface area contributed by atoms with Crippen LogP contribution in [0.1, 0.15) is 37.8 Å². The molecule has 1 nitrogen and oxygen atoms in total. The Balaban J connectivity index is 2.52. The van der Waals surface area contributed by atoms with Gasteiger partial charge in [-0.25, -0.2) is 0 Å². The molecule has 70 valence electrons. The van der Waals surface area contributed by atoms with Crippen molar-refractivity contribution in [3.8, 4) is 5.75 Å². The van der Waals surface area contributed by atoms with Gasteiger partial charge in [0.05, 0.1) is 0 Å². The Hall–Kier alpha value is -0.980. The van der Waals surface area contributed by atoms with Crippen molar-refractivity contribution < 1.29 is 5.11 Å². The SMILES string of the molecule is CCC1(C)CCc2ccc(O)cc21. The van der Waals surface area contributed by atoms with Crippen molar-refractivity contribution in [1.82, 2.24) is 0 Å². The fourth-order valence-corrected chi connectivity index (χ4v) is 2.26. The van der Waals surface area contributed by atoms with Crippen molar-refractivity contribution in [3.05, 3.63) is 29.3 Å². The van der Waals surface area contributed by atoms with Crippen molar-refractivity contribution in [2.24, 2.45) is 0 Å². The summed E-state index contributed by atoms with van der Waals surface area (Å²) in [7, 11) is 0. The molecule has 1 N–H and O–H groups in total. The molecule has 2 rings (SSSR count). The van der Waals surface area contributed by atoms with Crippen molar-refractivity contribution in [1.29, 1.82) is 0 Å². The number of hydrogen-bond acceptors (Lipinski definition) is 1. The summed E-state index contributed by atoms with van der Waals surface area (Å²) in [4.78, 5) is 0. The highest BCUT2D eigenvalue weighted by atomic mass is 16.3. The molecule has 0 bridgehead atoms. The minimum atomic E-state index is 0.300. The van der Waals surface area contributed by atoms with Crippen LogP contribution in [0.5, 0.6) is 5.75 Å². The number of aryl methyl sites for hydroxylation is 1. The summed E-state index contributed by atoms with van der Waals surface area (Å²) in [5, 5.41) is 9.42. The molecule has 0 spiro atoms. The summed E-state index contributed by atoms with van der Waals surface area (Å²) in [6.07, 6.45) is 3.55. The minimum absolute atomic E-state index is 0.300. The molecule has 1 atom stereocenters. The first kappa shape index (κ1) is 8.61. The predicted octanol–water partition coefficient (Wildman–Crippen LogP) is 3.01. The maximum absolute atomic E-state index is 9.42. The van der Waals surface area contributed by atoms with Gasteiger partial charge >= 0.3 is 0 Å². The molecule has 1 aromatic carbocycles. The lowest BCUT2D eigenvalue weighted by atomic mass is 9.82. The van der Waals surface area contributed by atoms with Crippen LogP contribution in [0.2, 0.25) is 0 Å². The molecule has 13 heavy (non-hydrogen) atoms. The second kappa shape index (κ2) is 2.76. The Bertz CT molecular complexity index is 330. The van der Waals surface area contributed by atoms with Crippen LogP contribution in [0, 0.1) is 0 Å². The van der Waals surface area contributed by atoms with Crippen molar-refractivity contribution in [2.75, 3.05) is 0 Å². The van der Waals surface area contributed by atoms with E-state index in [2.05, 4.69) is 19.9 Å². The van der Waals surface area contributed by atoms with Gasteiger partial charge in [-0.05, 0) is 47.9 Å². The molecule has 0 heterocycles. The van der Waals surface area contributed by atoms with E-state index in [0.717, 1.165) is 6.42 Å². The van der Waals surface area contributed by atoms with Crippen LogP contribution in [0.15, 0.2) is 18.2 Å². The number of fused-ring (bicyclic) bond motifs is 1. The number of phenols is 1. The summed E-state index contributed by atoms with van der Waals surface area (Å²) >= 11 is 0. The van der Waals surface area contributed by atoms with E-state index in [4.69, 9.17) is 0 Å². The lowest BCUT2D eigenvalue weighted by Crippen LogP contribution is -2.16. The lowest BCUT2D eigenvalue weighted by molar-refractivity contribution is 0.444. The highest BCUT2D eigenvalue weighted by molar-refractivity contribution is 5.43. The van der Waals surface area contributed by atoms with Crippen LogP contribution >= 0.6 is 0 Å². The van der Waals surface area contributed by atoms with Crippen LogP contribution in [-0.2, 0) is 11.8 Å². The van der Waals surface area contributed by atoms with Gasteiger partial charge in [0, 0.05) is 0 Å². The minimum Gasteiger partial charge on any atom is -0.508 e. The molecule has 1 unspecified atom stereocenters. The molecule has 0 saturated carbocycles. The molecular weight excluding hydrogens is 160 g/mol. The van der Waals surface area contributed by atoms with E-state index >= 15 is 0 Å². The first-order valence-corrected chi connectivity index (χ1v) is 4.98. The number of benzene rings is 1. The van der Waals surface area contributed by atoms with Gasteiger partial charge in [-0.1, -0.05) is 19.9 Å². The largest absolute Gasteiger partial charge is 0.508 e. The Morgan fingerprint density at radius 2 is 2.23 bits per heavy atom. The molecule has 0 radical (unpaired) electrons. The third-order valence-corrected chi connectivity index (χ3v) is 3.47. The zero-order valence-electron chi connectivity index (χ0n) is 8.30. The average Bonchev–Trinajstić information content (AvgIpc) is 2.45. The molecule has 1 aliphatic rings. The van der Waals surface area contributed by atoms with Gasteiger partial charge in [-0.15, -0.1) is 0 Å². The third-order valence-electron chi connectivity index (χ3n) is 3.47. The van der Waals surface area contributed by atoms with Crippen LogP contribution in [0.25, 0.3) is 0 Å². The van der Waals surface area contributed by atoms with Crippen LogP contribution in [0.3, 0.4) is 0 Å². The van der Waals surface area contributed by atoms with E-state index in [1.54, 1.807) is 6.07 Å². The normalized spacial score (nSPS) is 26.0. The first-order chi connectivity index (χ1) is 6.15. The predicted molar refractivity (Wildman–Crippen MR) is 54.1 cm³/mol.